The third kappa shape index (κ3) is 3.14. The maximum atomic E-state index is 11.1. The Hall–Kier alpha value is -0.680. The summed E-state index contributed by atoms with van der Waals surface area (Å²) in [5, 5.41) is 0. The number of methoxy groups -OCH3 is 1. The topological polar surface area (TPSA) is 43.4 Å². The number of carbonyl (C=O) groups is 2. The molecule has 1 aromatic rings. The van der Waals surface area contributed by atoms with Gasteiger partial charge < -0.3 is 4.74 Å². The van der Waals surface area contributed by atoms with Crippen LogP contribution in [-0.4, -0.2) is 19.4 Å². The zero-order chi connectivity index (χ0) is 11.4. The second-order valence-corrected chi connectivity index (χ2v) is 4.54. The fraction of sp³-hybridized carbons (Fsp3) is 0.200. The molecule has 0 aliphatic rings. The van der Waals surface area contributed by atoms with Crippen LogP contribution in [-0.2, 0) is 16.0 Å². The number of hydrogen-bond donors (Lipinski definition) is 0. The smallest absolute Gasteiger partial charge is 0.310 e. The molecule has 0 radical (unpaired) electrons. The molecule has 0 saturated heterocycles. The van der Waals surface area contributed by atoms with E-state index in [1.807, 2.05) is 0 Å². The monoisotopic (exact) mass is 334 g/mol. The lowest BCUT2D eigenvalue weighted by Gasteiger charge is -2.05. The number of rotatable bonds is 3. The molecule has 80 valence electrons. The number of benzene rings is 1. The predicted molar refractivity (Wildman–Crippen MR) is 62.9 cm³/mol. The molecule has 1 rings (SSSR count). The Balaban J connectivity index is 3.07. The second kappa shape index (κ2) is 5.42. The van der Waals surface area contributed by atoms with Crippen molar-refractivity contribution in [2.45, 2.75) is 6.42 Å². The van der Waals surface area contributed by atoms with Gasteiger partial charge in [-0.1, -0.05) is 31.9 Å². The number of halogens is 2. The highest BCUT2D eigenvalue weighted by atomic mass is 79.9. The quantitative estimate of drug-likeness (QED) is 0.630. The zero-order valence-electron chi connectivity index (χ0n) is 7.92. The lowest BCUT2D eigenvalue weighted by atomic mass is 10.1. The summed E-state index contributed by atoms with van der Waals surface area (Å²) in [6, 6.07) is 3.39. The first-order chi connectivity index (χ1) is 7.08. The van der Waals surface area contributed by atoms with Gasteiger partial charge >= 0.3 is 5.97 Å². The summed E-state index contributed by atoms with van der Waals surface area (Å²) in [5.74, 6) is -0.338. The Morgan fingerprint density at radius 2 is 2.07 bits per heavy atom. The minimum Gasteiger partial charge on any atom is -0.469 e. The number of hydrogen-bond acceptors (Lipinski definition) is 3. The summed E-state index contributed by atoms with van der Waals surface area (Å²) in [4.78, 5) is 21.8. The summed E-state index contributed by atoms with van der Waals surface area (Å²) in [6.07, 6.45) is 0.877. The van der Waals surface area contributed by atoms with Crippen LogP contribution in [0.3, 0.4) is 0 Å². The van der Waals surface area contributed by atoms with Crippen molar-refractivity contribution >= 4 is 44.1 Å². The summed E-state index contributed by atoms with van der Waals surface area (Å²) in [7, 11) is 1.33. The standard InChI is InChI=1S/C10H8Br2O3/c1-15-10(14)3-6-2-7(5-13)9(12)4-8(6)11/h2,4-5H,3H2,1H3. The summed E-state index contributed by atoms with van der Waals surface area (Å²) < 4.78 is 6.01. The van der Waals surface area contributed by atoms with E-state index in [1.165, 1.54) is 7.11 Å². The van der Waals surface area contributed by atoms with Gasteiger partial charge in [0.1, 0.15) is 0 Å². The molecular formula is C10H8Br2O3. The lowest BCUT2D eigenvalue weighted by molar-refractivity contribution is -0.139. The average molecular weight is 336 g/mol. The van der Waals surface area contributed by atoms with Gasteiger partial charge in [-0.25, -0.2) is 0 Å². The highest BCUT2D eigenvalue weighted by Gasteiger charge is 2.10. The molecule has 0 bridgehead atoms. The van der Waals surface area contributed by atoms with Gasteiger partial charge in [0.05, 0.1) is 13.5 Å². The first-order valence-corrected chi connectivity index (χ1v) is 5.67. The van der Waals surface area contributed by atoms with Gasteiger partial charge in [0.2, 0.25) is 0 Å². The van der Waals surface area contributed by atoms with Crippen LogP contribution in [0.1, 0.15) is 15.9 Å². The average Bonchev–Trinajstić information content (AvgIpc) is 2.21. The summed E-state index contributed by atoms with van der Waals surface area (Å²) in [6.45, 7) is 0. The molecule has 3 nitrogen and oxygen atoms in total. The Kier molecular flexibility index (Phi) is 4.47. The molecule has 0 amide bonds. The Bertz CT molecular complexity index is 402. The first-order valence-electron chi connectivity index (χ1n) is 4.08. The summed E-state index contributed by atoms with van der Waals surface area (Å²) >= 11 is 6.56. The van der Waals surface area contributed by atoms with Crippen molar-refractivity contribution in [3.05, 3.63) is 32.2 Å². The Labute approximate surface area is 104 Å². The molecule has 0 N–H and O–H groups in total. The van der Waals surface area contributed by atoms with E-state index in [4.69, 9.17) is 0 Å². The normalized spacial score (nSPS) is 9.80. The van der Waals surface area contributed by atoms with Crippen molar-refractivity contribution < 1.29 is 14.3 Å². The van der Waals surface area contributed by atoms with Gasteiger partial charge in [-0.05, 0) is 17.7 Å². The van der Waals surface area contributed by atoms with Crippen molar-refractivity contribution in [3.8, 4) is 0 Å². The molecule has 15 heavy (non-hydrogen) atoms. The van der Waals surface area contributed by atoms with Crippen LogP contribution in [0.5, 0.6) is 0 Å². The molecular weight excluding hydrogens is 328 g/mol. The fourth-order valence-electron chi connectivity index (χ4n) is 1.07. The van der Waals surface area contributed by atoms with Gasteiger partial charge in [-0.3, -0.25) is 9.59 Å². The lowest BCUT2D eigenvalue weighted by Crippen LogP contribution is -2.05. The second-order valence-electron chi connectivity index (χ2n) is 2.84. The molecule has 0 aliphatic carbocycles. The highest BCUT2D eigenvalue weighted by molar-refractivity contribution is 9.11. The van der Waals surface area contributed by atoms with E-state index in [-0.39, 0.29) is 12.4 Å². The molecule has 1 aromatic carbocycles. The maximum absolute atomic E-state index is 11.1. The van der Waals surface area contributed by atoms with Crippen LogP contribution in [0, 0.1) is 0 Å². The number of ether oxygens (including phenoxy) is 1. The van der Waals surface area contributed by atoms with E-state index in [0.717, 1.165) is 16.3 Å². The molecule has 0 aromatic heterocycles. The van der Waals surface area contributed by atoms with E-state index < -0.39 is 0 Å². The SMILES string of the molecule is COC(=O)Cc1cc(C=O)c(Br)cc1Br. The minimum absolute atomic E-state index is 0.144. The van der Waals surface area contributed by atoms with Crippen molar-refractivity contribution in [1.29, 1.82) is 0 Å². The van der Waals surface area contributed by atoms with E-state index in [0.29, 0.717) is 10.0 Å². The van der Waals surface area contributed by atoms with Crippen LogP contribution in [0.25, 0.3) is 0 Å². The van der Waals surface area contributed by atoms with Crippen molar-refractivity contribution in [3.63, 3.8) is 0 Å². The molecule has 0 spiro atoms. The van der Waals surface area contributed by atoms with E-state index in [2.05, 4.69) is 36.6 Å². The molecule has 0 aliphatic heterocycles. The van der Waals surface area contributed by atoms with Crippen LogP contribution in [0.4, 0.5) is 0 Å². The molecule has 5 heteroatoms. The minimum atomic E-state index is -0.338. The maximum Gasteiger partial charge on any atom is 0.310 e. The van der Waals surface area contributed by atoms with Crippen LogP contribution < -0.4 is 0 Å². The zero-order valence-corrected chi connectivity index (χ0v) is 11.1. The van der Waals surface area contributed by atoms with Gasteiger partial charge in [-0.2, -0.15) is 0 Å². The van der Waals surface area contributed by atoms with Gasteiger partial charge in [0, 0.05) is 14.5 Å². The largest absolute Gasteiger partial charge is 0.469 e. The van der Waals surface area contributed by atoms with E-state index >= 15 is 0 Å². The third-order valence-corrected chi connectivity index (χ3v) is 3.28. The van der Waals surface area contributed by atoms with Crippen LogP contribution in [0.2, 0.25) is 0 Å². The van der Waals surface area contributed by atoms with Gasteiger partial charge in [0.25, 0.3) is 0 Å². The molecule has 0 saturated carbocycles. The first kappa shape index (κ1) is 12.4. The third-order valence-electron chi connectivity index (χ3n) is 1.86. The fourth-order valence-corrected chi connectivity index (χ4v) is 2.29. The molecule has 0 unspecified atom stereocenters. The molecule has 0 atom stereocenters. The Morgan fingerprint density at radius 1 is 1.40 bits per heavy atom. The summed E-state index contributed by atoms with van der Waals surface area (Å²) in [5.41, 5.74) is 1.24. The van der Waals surface area contributed by atoms with Crippen molar-refractivity contribution in [2.24, 2.45) is 0 Å². The van der Waals surface area contributed by atoms with Gasteiger partial charge in [0.15, 0.2) is 6.29 Å². The number of aldehydes is 1. The Morgan fingerprint density at radius 3 is 2.60 bits per heavy atom. The number of esters is 1. The highest BCUT2D eigenvalue weighted by Crippen LogP contribution is 2.25. The van der Waals surface area contributed by atoms with Crippen molar-refractivity contribution in [2.75, 3.05) is 7.11 Å². The van der Waals surface area contributed by atoms with Gasteiger partial charge in [-0.15, -0.1) is 0 Å². The van der Waals surface area contributed by atoms with Crippen LogP contribution >= 0.6 is 31.9 Å². The number of carbonyl (C=O) groups excluding carboxylic acids is 2. The van der Waals surface area contributed by atoms with E-state index in [1.54, 1.807) is 12.1 Å². The molecule has 0 heterocycles. The van der Waals surface area contributed by atoms with E-state index in [9.17, 15) is 9.59 Å². The predicted octanol–water partition coefficient (Wildman–Crippen LogP) is 2.74. The molecule has 0 fully saturated rings. The van der Waals surface area contributed by atoms with Crippen LogP contribution in [0.15, 0.2) is 21.1 Å². The van der Waals surface area contributed by atoms with Crippen molar-refractivity contribution in [1.82, 2.24) is 0 Å².